The van der Waals surface area contributed by atoms with Crippen molar-refractivity contribution in [3.8, 4) is 0 Å². The van der Waals surface area contributed by atoms with Gasteiger partial charge in [-0.15, -0.1) is 6.20 Å². The number of nitrogens with zero attached hydrogens (tertiary/aromatic N) is 4. The number of hydrogen-bond acceptors (Lipinski definition) is 5. The molecule has 0 aliphatic heterocycles. The average Bonchev–Trinajstić information content (AvgIpc) is 3.04. The normalized spacial score (nSPS) is 14.5. The Morgan fingerprint density at radius 1 is 1.29 bits per heavy atom. The van der Waals surface area contributed by atoms with Crippen molar-refractivity contribution in [1.82, 2.24) is 25.1 Å². The molecule has 109 valence electrons. The van der Waals surface area contributed by atoms with E-state index in [0.717, 1.165) is 22.5 Å². The third-order valence-electron chi connectivity index (χ3n) is 3.58. The van der Waals surface area contributed by atoms with Crippen LogP contribution in [0.1, 0.15) is 19.3 Å². The quantitative estimate of drug-likeness (QED) is 0.559. The first kappa shape index (κ1) is 14.0. The number of hydrogen-bond donors (Lipinski definition) is 3. The Morgan fingerprint density at radius 3 is 2.90 bits per heavy atom. The fraction of sp³-hybridized carbons (Fsp3) is 0.308. The van der Waals surface area contributed by atoms with Crippen LogP contribution in [0.3, 0.4) is 0 Å². The molecule has 3 aromatic heterocycles. The van der Waals surface area contributed by atoms with E-state index >= 15 is 0 Å². The van der Waals surface area contributed by atoms with E-state index in [2.05, 4.69) is 35.8 Å². The zero-order chi connectivity index (χ0) is 13.4. The van der Waals surface area contributed by atoms with Crippen LogP contribution in [0.4, 0.5) is 17.5 Å². The van der Waals surface area contributed by atoms with Crippen LogP contribution < -0.4 is 15.7 Å². The van der Waals surface area contributed by atoms with Gasteiger partial charge in [0.2, 0.25) is 5.95 Å². The molecule has 1 aliphatic rings. The topological polar surface area (TPSA) is 92.6 Å². The molecule has 0 bridgehead atoms. The van der Waals surface area contributed by atoms with Crippen molar-refractivity contribution >= 4 is 28.5 Å². The molecular formula is C13H14N7Re-. The van der Waals surface area contributed by atoms with Crippen molar-refractivity contribution in [2.45, 2.75) is 25.3 Å². The molecule has 0 atom stereocenters. The summed E-state index contributed by atoms with van der Waals surface area (Å²) >= 11 is 0. The van der Waals surface area contributed by atoms with Crippen LogP contribution in [-0.2, 0) is 20.4 Å². The van der Waals surface area contributed by atoms with E-state index in [9.17, 15) is 0 Å². The predicted octanol–water partition coefficient (Wildman–Crippen LogP) is 2.02. The van der Waals surface area contributed by atoms with E-state index < -0.39 is 0 Å². The number of aromatic amines is 1. The largest absolute Gasteiger partial charge is 0.580 e. The average molecular weight is 455 g/mol. The molecule has 0 spiro atoms. The van der Waals surface area contributed by atoms with Gasteiger partial charge in [0.15, 0.2) is 0 Å². The van der Waals surface area contributed by atoms with Gasteiger partial charge in [-0.3, -0.25) is 0 Å². The van der Waals surface area contributed by atoms with Gasteiger partial charge in [-0.25, -0.2) is 0 Å². The van der Waals surface area contributed by atoms with Gasteiger partial charge in [0.1, 0.15) is 11.5 Å². The summed E-state index contributed by atoms with van der Waals surface area (Å²) in [6, 6.07) is 2.52. The molecule has 0 aromatic carbocycles. The number of anilines is 3. The molecule has 7 nitrogen and oxygen atoms in total. The molecule has 1 fully saturated rings. The summed E-state index contributed by atoms with van der Waals surface area (Å²) in [7, 11) is 0. The molecule has 21 heavy (non-hydrogen) atoms. The fourth-order valence-electron chi connectivity index (χ4n) is 2.27. The van der Waals surface area contributed by atoms with Gasteiger partial charge in [0.25, 0.3) is 0 Å². The zero-order valence-corrected chi connectivity index (χ0v) is 13.9. The van der Waals surface area contributed by atoms with Crippen molar-refractivity contribution in [1.29, 1.82) is 0 Å². The molecule has 0 unspecified atom stereocenters. The molecule has 3 heterocycles. The maximum Gasteiger partial charge on any atom is 0.231 e. The molecule has 0 saturated heterocycles. The van der Waals surface area contributed by atoms with Gasteiger partial charge in [-0.1, -0.05) is 0 Å². The van der Waals surface area contributed by atoms with Crippen LogP contribution >= 0.6 is 0 Å². The number of aromatic nitrogens is 5. The summed E-state index contributed by atoms with van der Waals surface area (Å²) in [5, 5.41) is 15.2. The first-order valence-corrected chi connectivity index (χ1v) is 6.70. The SMILES string of the molecule is [Re].c1cc2c(NC3CCC3)nc(Nc3cn[n-]c3)nc2[nH]1. The van der Waals surface area contributed by atoms with Crippen molar-refractivity contribution in [3.05, 3.63) is 24.7 Å². The molecule has 1 saturated carbocycles. The second kappa shape index (κ2) is 5.84. The van der Waals surface area contributed by atoms with Crippen molar-refractivity contribution in [2.75, 3.05) is 10.6 Å². The van der Waals surface area contributed by atoms with Gasteiger partial charge >= 0.3 is 0 Å². The summed E-state index contributed by atoms with van der Waals surface area (Å²) in [5.41, 5.74) is 1.60. The molecule has 1 aliphatic carbocycles. The van der Waals surface area contributed by atoms with Gasteiger partial charge in [0, 0.05) is 44.5 Å². The molecule has 4 rings (SSSR count). The predicted molar refractivity (Wildman–Crippen MR) is 76.0 cm³/mol. The smallest absolute Gasteiger partial charge is 0.231 e. The van der Waals surface area contributed by atoms with Crippen LogP contribution in [0.2, 0.25) is 0 Å². The Bertz CT molecular complexity index is 717. The first-order valence-electron chi connectivity index (χ1n) is 6.70. The van der Waals surface area contributed by atoms with Crippen LogP contribution in [0.5, 0.6) is 0 Å². The third kappa shape index (κ3) is 2.77. The van der Waals surface area contributed by atoms with Crippen molar-refractivity contribution in [2.24, 2.45) is 0 Å². The van der Waals surface area contributed by atoms with E-state index in [-0.39, 0.29) is 20.4 Å². The maximum absolute atomic E-state index is 4.56. The van der Waals surface area contributed by atoms with Crippen molar-refractivity contribution < 1.29 is 20.4 Å². The summed E-state index contributed by atoms with van der Waals surface area (Å²) in [5.74, 6) is 1.41. The third-order valence-corrected chi connectivity index (χ3v) is 3.58. The Kier molecular flexibility index (Phi) is 3.90. The van der Waals surface area contributed by atoms with E-state index in [0.29, 0.717) is 12.0 Å². The molecule has 3 N–H and O–H groups in total. The summed E-state index contributed by atoms with van der Waals surface area (Å²) < 4.78 is 0. The maximum atomic E-state index is 4.56. The van der Waals surface area contributed by atoms with E-state index in [1.807, 2.05) is 12.3 Å². The van der Waals surface area contributed by atoms with Gasteiger partial charge in [0.05, 0.1) is 5.39 Å². The number of H-pyrrole nitrogens is 1. The van der Waals surface area contributed by atoms with Crippen molar-refractivity contribution in [3.63, 3.8) is 0 Å². The van der Waals surface area contributed by atoms with Gasteiger partial charge in [-0.05, 0) is 25.3 Å². The Balaban J connectivity index is 0.00000132. The Hall–Kier alpha value is -1.91. The molecule has 1 radical (unpaired) electrons. The summed E-state index contributed by atoms with van der Waals surface area (Å²) in [6.07, 6.45) is 8.85. The monoisotopic (exact) mass is 455 g/mol. The minimum atomic E-state index is 0. The Labute approximate surface area is 135 Å². The molecule has 3 aromatic rings. The molecule has 8 heteroatoms. The minimum Gasteiger partial charge on any atom is -0.580 e. The second-order valence-corrected chi connectivity index (χ2v) is 4.98. The van der Waals surface area contributed by atoms with Crippen LogP contribution in [0.25, 0.3) is 11.0 Å². The van der Waals surface area contributed by atoms with E-state index in [4.69, 9.17) is 0 Å². The van der Waals surface area contributed by atoms with Crippen LogP contribution in [0, 0.1) is 0 Å². The number of nitrogens with one attached hydrogen (secondary N) is 3. The summed E-state index contributed by atoms with van der Waals surface area (Å²) in [4.78, 5) is 12.1. The van der Waals surface area contributed by atoms with Crippen LogP contribution in [0.15, 0.2) is 24.7 Å². The molecular weight excluding hydrogens is 440 g/mol. The minimum absolute atomic E-state index is 0. The number of fused-ring (bicyclic) bond motifs is 1. The van der Waals surface area contributed by atoms with Crippen LogP contribution in [-0.4, -0.2) is 26.1 Å². The number of rotatable bonds is 4. The Morgan fingerprint density at radius 2 is 2.19 bits per heavy atom. The van der Waals surface area contributed by atoms with E-state index in [1.165, 1.54) is 19.3 Å². The van der Waals surface area contributed by atoms with E-state index in [1.54, 1.807) is 12.4 Å². The van der Waals surface area contributed by atoms with Gasteiger partial charge in [-0.2, -0.15) is 9.97 Å². The zero-order valence-electron chi connectivity index (χ0n) is 11.2. The first-order chi connectivity index (χ1) is 9.88. The van der Waals surface area contributed by atoms with Gasteiger partial charge < -0.3 is 25.8 Å². The summed E-state index contributed by atoms with van der Waals surface area (Å²) in [6.45, 7) is 0. The fourth-order valence-corrected chi connectivity index (χ4v) is 2.27. The standard InChI is InChI=1S/C13H14N7.Re/c1-2-8(3-1)17-12-10-4-5-14-11(10)19-13(20-12)18-9-6-15-16-7-9;/h4-8H,1-3H2,(H3-,14,15,16,17,18,19,20);/q-1;. The molecule has 0 amide bonds. The second-order valence-electron chi connectivity index (χ2n) is 4.98.